The molecule has 0 heterocycles. The van der Waals surface area contributed by atoms with Crippen LogP contribution in [-0.2, 0) is 10.8 Å². The van der Waals surface area contributed by atoms with Gasteiger partial charge in [0.1, 0.15) is 0 Å². The zero-order valence-corrected chi connectivity index (χ0v) is 27.1. The third kappa shape index (κ3) is 4.34. The fourth-order valence-electron chi connectivity index (χ4n) is 7.35. The van der Waals surface area contributed by atoms with Gasteiger partial charge in [-0.05, 0) is 95.9 Å². The van der Waals surface area contributed by atoms with Crippen LogP contribution >= 0.6 is 63.7 Å². The van der Waals surface area contributed by atoms with Crippen molar-refractivity contribution in [1.29, 1.82) is 0 Å². The molecule has 0 N–H and O–H groups in total. The van der Waals surface area contributed by atoms with Gasteiger partial charge in [-0.25, -0.2) is 0 Å². The molecule has 0 saturated heterocycles. The first kappa shape index (κ1) is 27.2. The van der Waals surface area contributed by atoms with Gasteiger partial charge in [0, 0.05) is 32.2 Å². The molecule has 0 amide bonds. The van der Waals surface area contributed by atoms with Crippen molar-refractivity contribution in [3.8, 4) is 22.3 Å². The van der Waals surface area contributed by atoms with E-state index in [4.69, 9.17) is 0 Å². The predicted octanol–water partition coefficient (Wildman–Crippen LogP) is 10.9. The number of alkyl halides is 4. The molecule has 0 atom stereocenters. The third-order valence-electron chi connectivity index (χ3n) is 8.58. The second kappa shape index (κ2) is 11.8. The number of hydrogen-bond acceptors (Lipinski definition) is 0. The molecule has 0 bridgehead atoms. The summed E-state index contributed by atoms with van der Waals surface area (Å²) in [5.74, 6) is 0. The Kier molecular flexibility index (Phi) is 8.87. The topological polar surface area (TPSA) is 0 Å². The molecule has 0 nitrogen and oxygen atoms in total. The van der Waals surface area contributed by atoms with Gasteiger partial charge in [-0.15, -0.1) is 0 Å². The van der Waals surface area contributed by atoms with Crippen LogP contribution in [0, 0.1) is 0 Å². The second-order valence-electron chi connectivity index (χ2n) is 10.3. The van der Waals surface area contributed by atoms with Crippen molar-refractivity contribution in [2.45, 2.75) is 62.2 Å². The molecule has 5 rings (SSSR count). The van der Waals surface area contributed by atoms with Gasteiger partial charge in [-0.3, -0.25) is 0 Å². The molecule has 0 radical (unpaired) electrons. The zero-order chi connectivity index (χ0) is 25.2. The van der Waals surface area contributed by atoms with Crippen molar-refractivity contribution in [3.63, 3.8) is 0 Å². The lowest BCUT2D eigenvalue weighted by Gasteiger charge is -2.40. The van der Waals surface area contributed by atoms with Gasteiger partial charge in [-0.2, -0.15) is 0 Å². The highest BCUT2D eigenvalue weighted by molar-refractivity contribution is 9.09. The third-order valence-corrected chi connectivity index (χ3v) is 10.8. The molecule has 36 heavy (non-hydrogen) atoms. The molecule has 0 aromatic heterocycles. The van der Waals surface area contributed by atoms with Crippen LogP contribution in [0.3, 0.4) is 0 Å². The predicted molar refractivity (Wildman–Crippen MR) is 171 cm³/mol. The van der Waals surface area contributed by atoms with Crippen molar-refractivity contribution in [3.05, 3.63) is 82.9 Å². The highest BCUT2D eigenvalue weighted by atomic mass is 79.9. The Balaban J connectivity index is 1.86. The van der Waals surface area contributed by atoms with E-state index in [9.17, 15) is 0 Å². The zero-order valence-electron chi connectivity index (χ0n) is 20.8. The minimum absolute atomic E-state index is 0.0644. The summed E-state index contributed by atoms with van der Waals surface area (Å²) in [6, 6.07) is 23.5. The van der Waals surface area contributed by atoms with Gasteiger partial charge in [0.2, 0.25) is 0 Å². The van der Waals surface area contributed by atoms with E-state index in [-0.39, 0.29) is 10.8 Å². The van der Waals surface area contributed by atoms with Gasteiger partial charge in [0.25, 0.3) is 0 Å². The van der Waals surface area contributed by atoms with Crippen molar-refractivity contribution < 1.29 is 0 Å². The van der Waals surface area contributed by atoms with E-state index in [1.165, 1.54) is 73.6 Å². The van der Waals surface area contributed by atoms with Crippen LogP contribution < -0.4 is 0 Å². The molecule has 4 heteroatoms. The van der Waals surface area contributed by atoms with Crippen LogP contribution in [0.15, 0.2) is 60.7 Å². The Hall–Kier alpha value is -0.420. The number of fused-ring (bicyclic) bond motifs is 7. The van der Waals surface area contributed by atoms with E-state index in [0.29, 0.717) is 0 Å². The molecular weight excluding hydrogens is 704 g/mol. The summed E-state index contributed by atoms with van der Waals surface area (Å²) in [6.45, 7) is 0. The van der Waals surface area contributed by atoms with Crippen LogP contribution in [0.4, 0.5) is 0 Å². The standard InChI is InChI=1S/C32H34Br4/c33-19-5-15-31(16-6-20-34)27-11-3-1-9-23(27)25-13-14-26-24-10-2-4-12-28(24)32(17-7-21-35,18-8-22-36)30(26)29(25)31/h1-4,9-14H,5-8,15-22H2. The highest BCUT2D eigenvalue weighted by Crippen LogP contribution is 2.63. The molecule has 2 aliphatic rings. The van der Waals surface area contributed by atoms with Crippen molar-refractivity contribution >= 4 is 63.7 Å². The molecule has 0 fully saturated rings. The summed E-state index contributed by atoms with van der Waals surface area (Å²) in [6.07, 6.45) is 9.49. The Morgan fingerprint density at radius 3 is 1.08 bits per heavy atom. The van der Waals surface area contributed by atoms with Crippen molar-refractivity contribution in [2.75, 3.05) is 21.3 Å². The molecule has 3 aromatic carbocycles. The largest absolute Gasteiger partial charge is 0.0928 e. The van der Waals surface area contributed by atoms with Gasteiger partial charge in [0.15, 0.2) is 0 Å². The summed E-state index contributed by atoms with van der Waals surface area (Å²) >= 11 is 15.1. The van der Waals surface area contributed by atoms with E-state index < -0.39 is 0 Å². The highest BCUT2D eigenvalue weighted by Gasteiger charge is 2.51. The van der Waals surface area contributed by atoms with E-state index in [1.54, 1.807) is 22.3 Å². The second-order valence-corrected chi connectivity index (χ2v) is 13.5. The number of hydrogen-bond donors (Lipinski definition) is 0. The lowest BCUT2D eigenvalue weighted by Crippen LogP contribution is -2.33. The summed E-state index contributed by atoms with van der Waals surface area (Å²) in [5.41, 5.74) is 12.5. The number of rotatable bonds is 12. The minimum Gasteiger partial charge on any atom is -0.0928 e. The minimum atomic E-state index is 0.0644. The SMILES string of the molecule is BrCCCC1(CCCBr)c2ccccc2-c2ccc3c(c21)C(CCCBr)(CCCBr)c1ccccc1-3. The van der Waals surface area contributed by atoms with E-state index in [1.807, 2.05) is 0 Å². The molecular formula is C32H34Br4. The van der Waals surface area contributed by atoms with Gasteiger partial charge < -0.3 is 0 Å². The van der Waals surface area contributed by atoms with Crippen LogP contribution in [0.2, 0.25) is 0 Å². The molecule has 190 valence electrons. The fraction of sp³-hybridized carbons (Fsp3) is 0.438. The van der Waals surface area contributed by atoms with Crippen LogP contribution in [-0.4, -0.2) is 21.3 Å². The maximum Gasteiger partial charge on any atom is 0.0219 e. The first-order valence-electron chi connectivity index (χ1n) is 13.3. The average molecular weight is 738 g/mol. The van der Waals surface area contributed by atoms with E-state index in [2.05, 4.69) is 124 Å². The number of benzene rings is 3. The maximum atomic E-state index is 3.79. The van der Waals surface area contributed by atoms with Gasteiger partial charge >= 0.3 is 0 Å². The van der Waals surface area contributed by atoms with Gasteiger partial charge in [0.05, 0.1) is 0 Å². The molecule has 3 aromatic rings. The lowest BCUT2D eigenvalue weighted by molar-refractivity contribution is 0.402. The van der Waals surface area contributed by atoms with Gasteiger partial charge in [-0.1, -0.05) is 124 Å². The Labute approximate surface area is 250 Å². The first-order valence-corrected chi connectivity index (χ1v) is 17.8. The molecule has 0 saturated carbocycles. The summed E-state index contributed by atoms with van der Waals surface area (Å²) in [7, 11) is 0. The summed E-state index contributed by atoms with van der Waals surface area (Å²) < 4.78 is 0. The Bertz CT molecular complexity index is 1100. The summed E-state index contributed by atoms with van der Waals surface area (Å²) in [4.78, 5) is 0. The maximum absolute atomic E-state index is 3.79. The Morgan fingerprint density at radius 2 is 0.750 bits per heavy atom. The average Bonchev–Trinajstić information content (AvgIpc) is 3.36. The van der Waals surface area contributed by atoms with Crippen molar-refractivity contribution in [1.82, 2.24) is 0 Å². The molecule has 0 aliphatic heterocycles. The summed E-state index contributed by atoms with van der Waals surface area (Å²) in [5, 5.41) is 4.20. The normalized spacial score (nSPS) is 15.9. The van der Waals surface area contributed by atoms with Crippen molar-refractivity contribution in [2.24, 2.45) is 0 Å². The first-order chi connectivity index (χ1) is 17.7. The molecule has 2 aliphatic carbocycles. The van der Waals surface area contributed by atoms with Crippen LogP contribution in [0.25, 0.3) is 22.3 Å². The van der Waals surface area contributed by atoms with E-state index in [0.717, 1.165) is 21.3 Å². The van der Waals surface area contributed by atoms with Crippen LogP contribution in [0.1, 0.15) is 73.6 Å². The quantitative estimate of drug-likeness (QED) is 0.162. The van der Waals surface area contributed by atoms with Crippen LogP contribution in [0.5, 0.6) is 0 Å². The molecule has 0 unspecified atom stereocenters. The smallest absolute Gasteiger partial charge is 0.0219 e. The fourth-order valence-corrected chi connectivity index (χ4v) is 8.47. The Morgan fingerprint density at radius 1 is 0.417 bits per heavy atom. The number of halogens is 4. The molecule has 0 spiro atoms. The monoisotopic (exact) mass is 734 g/mol. The lowest BCUT2D eigenvalue weighted by atomic mass is 9.63. The van der Waals surface area contributed by atoms with E-state index >= 15 is 0 Å².